The predicted molar refractivity (Wildman–Crippen MR) is 196 cm³/mol. The molecule has 2 aromatic heterocycles. The van der Waals surface area contributed by atoms with Crippen molar-refractivity contribution >= 4 is 34.4 Å². The Balaban J connectivity index is 0.00000729. The number of quaternary nitrogens is 1. The summed E-state index contributed by atoms with van der Waals surface area (Å²) in [5, 5.41) is 10.6. The fourth-order valence-corrected chi connectivity index (χ4v) is 6.69. The van der Waals surface area contributed by atoms with Gasteiger partial charge in [0.25, 0.3) is 0 Å². The van der Waals surface area contributed by atoms with Crippen molar-refractivity contribution in [2.45, 2.75) is 46.1 Å². The zero-order valence-electron chi connectivity index (χ0n) is 30.5. The SMILES string of the molecule is Cc1sc2c(c1C)C(c1ccc(Cl)cc1)=N[C@@H](CC(=O)CCCOCCOCCOCCOCCOCCOCCOCC[NH3+])c1nnc(C)n1-2.[Cl-]. The van der Waals surface area contributed by atoms with Crippen molar-refractivity contribution in [1.82, 2.24) is 14.8 Å². The molecule has 0 fully saturated rings. The van der Waals surface area contributed by atoms with Crippen LogP contribution in [0.3, 0.4) is 0 Å². The van der Waals surface area contributed by atoms with Crippen molar-refractivity contribution in [2.24, 2.45) is 4.99 Å². The van der Waals surface area contributed by atoms with Gasteiger partial charge in [-0.3, -0.25) is 14.4 Å². The summed E-state index contributed by atoms with van der Waals surface area (Å²) in [5.74, 6) is 1.56. The van der Waals surface area contributed by atoms with Crippen LogP contribution in [0.2, 0.25) is 5.02 Å². The molecular formula is C36H53Cl2N5O8S. The van der Waals surface area contributed by atoms with Crippen molar-refractivity contribution in [3.8, 4) is 5.00 Å². The molecule has 16 heteroatoms. The molecule has 1 aliphatic rings. The van der Waals surface area contributed by atoms with Gasteiger partial charge in [-0.2, -0.15) is 0 Å². The molecule has 3 N–H and O–H groups in total. The van der Waals surface area contributed by atoms with Gasteiger partial charge in [-0.15, -0.1) is 21.5 Å². The second-order valence-corrected chi connectivity index (χ2v) is 13.5. The van der Waals surface area contributed by atoms with E-state index in [1.54, 1.807) is 11.3 Å². The van der Waals surface area contributed by atoms with Crippen LogP contribution in [0.5, 0.6) is 0 Å². The van der Waals surface area contributed by atoms with E-state index in [1.165, 1.54) is 4.88 Å². The Kier molecular flexibility index (Phi) is 21.1. The highest BCUT2D eigenvalue weighted by molar-refractivity contribution is 7.15. The molecule has 3 aromatic rings. The average molecular weight is 787 g/mol. The highest BCUT2D eigenvalue weighted by atomic mass is 35.5. The summed E-state index contributed by atoms with van der Waals surface area (Å²) in [6, 6.07) is 7.22. The molecule has 4 rings (SSSR count). The van der Waals surface area contributed by atoms with Crippen molar-refractivity contribution < 1.29 is 56.1 Å². The van der Waals surface area contributed by atoms with E-state index in [4.69, 9.17) is 49.8 Å². The Morgan fingerprint density at radius 3 is 1.79 bits per heavy atom. The van der Waals surface area contributed by atoms with Crippen LogP contribution >= 0.6 is 22.9 Å². The first-order valence-corrected chi connectivity index (χ1v) is 18.8. The predicted octanol–water partition coefficient (Wildman–Crippen LogP) is 0.901. The highest BCUT2D eigenvalue weighted by Crippen LogP contribution is 2.39. The maximum Gasteiger partial charge on any atom is 0.163 e. The summed E-state index contributed by atoms with van der Waals surface area (Å²) in [6.45, 7) is 14.1. The topological polar surface area (TPSA) is 152 Å². The number of fused-ring (bicyclic) bond motifs is 3. The molecular weight excluding hydrogens is 733 g/mol. The number of aryl methyl sites for hydroxylation is 2. The molecule has 52 heavy (non-hydrogen) atoms. The van der Waals surface area contributed by atoms with Gasteiger partial charge in [0.15, 0.2) is 5.82 Å². The van der Waals surface area contributed by atoms with Crippen LogP contribution in [0.1, 0.15) is 58.5 Å². The molecule has 1 atom stereocenters. The number of hydrogen-bond donors (Lipinski definition) is 1. The minimum absolute atomic E-state index is 0. The number of Topliss-reactive ketones (excluding diaryl/α,β-unsaturated/α-hetero) is 1. The van der Waals surface area contributed by atoms with E-state index in [0.29, 0.717) is 116 Å². The van der Waals surface area contributed by atoms with Gasteiger partial charge in [0.05, 0.1) is 98.1 Å². The van der Waals surface area contributed by atoms with Gasteiger partial charge in [0, 0.05) is 40.5 Å². The lowest BCUT2D eigenvalue weighted by molar-refractivity contribution is -0.374. The first-order valence-electron chi connectivity index (χ1n) is 17.6. The van der Waals surface area contributed by atoms with Crippen molar-refractivity contribution in [3.63, 3.8) is 0 Å². The molecule has 0 bridgehead atoms. The van der Waals surface area contributed by atoms with Crippen molar-refractivity contribution in [1.29, 1.82) is 0 Å². The third-order valence-electron chi connectivity index (χ3n) is 8.04. The van der Waals surface area contributed by atoms with Gasteiger partial charge in [-0.1, -0.05) is 23.7 Å². The Hall–Kier alpha value is -2.34. The minimum Gasteiger partial charge on any atom is -1.00 e. The van der Waals surface area contributed by atoms with Crippen LogP contribution in [0.4, 0.5) is 0 Å². The summed E-state index contributed by atoms with van der Waals surface area (Å²) < 4.78 is 40.5. The number of benzene rings is 1. The molecule has 0 unspecified atom stereocenters. The zero-order chi connectivity index (χ0) is 36.3. The number of nitrogens with zero attached hydrogens (tertiary/aromatic N) is 4. The van der Waals surface area contributed by atoms with Gasteiger partial charge in [0.2, 0.25) is 0 Å². The van der Waals surface area contributed by atoms with Gasteiger partial charge < -0.3 is 51.3 Å². The Labute approximate surface area is 321 Å². The maximum atomic E-state index is 13.2. The smallest absolute Gasteiger partial charge is 0.163 e. The van der Waals surface area contributed by atoms with Gasteiger partial charge in [-0.25, -0.2) is 0 Å². The lowest BCUT2D eigenvalue weighted by Gasteiger charge is -2.12. The number of rotatable bonds is 27. The number of carbonyl (C=O) groups is 1. The number of halogens is 2. The monoisotopic (exact) mass is 785 g/mol. The van der Waals surface area contributed by atoms with E-state index < -0.39 is 6.04 Å². The summed E-state index contributed by atoms with van der Waals surface area (Å²) in [7, 11) is 0. The number of aliphatic imine (C=N–C) groups is 1. The number of ketones is 1. The van der Waals surface area contributed by atoms with E-state index in [2.05, 4.69) is 34.3 Å². The number of thiophene rings is 1. The standard InChI is InChI=1S/C36H52ClN5O8S.ClH/c1-26-27(2)51-36-33(26)34(29-6-8-30(37)9-7-29)39-32(35-41-40-28(3)42(35)36)25-31(43)5-4-11-44-13-15-46-17-19-48-21-23-50-24-22-49-20-18-47-16-14-45-12-10-38;/h6-9,32H,4-5,10-25,38H2,1-3H3;1H/t32-;/m0./s1. The van der Waals surface area contributed by atoms with E-state index >= 15 is 0 Å². The molecule has 1 aliphatic heterocycles. The molecule has 0 amide bonds. The molecule has 0 aliphatic carbocycles. The molecule has 0 saturated carbocycles. The van der Waals surface area contributed by atoms with Crippen molar-refractivity contribution in [2.75, 3.05) is 99.0 Å². The average Bonchev–Trinajstić information content (AvgIpc) is 3.60. The van der Waals surface area contributed by atoms with Crippen LogP contribution in [0.25, 0.3) is 5.00 Å². The Bertz CT molecular complexity index is 1500. The molecule has 290 valence electrons. The van der Waals surface area contributed by atoms with E-state index in [0.717, 1.165) is 39.8 Å². The molecule has 13 nitrogen and oxygen atoms in total. The Morgan fingerprint density at radius 2 is 1.27 bits per heavy atom. The third kappa shape index (κ3) is 14.1. The van der Waals surface area contributed by atoms with Gasteiger partial charge in [-0.05, 0) is 44.9 Å². The lowest BCUT2D eigenvalue weighted by Crippen LogP contribution is -3.00. The maximum absolute atomic E-state index is 13.2. The van der Waals surface area contributed by atoms with Crippen LogP contribution in [0, 0.1) is 20.8 Å². The summed E-state index contributed by atoms with van der Waals surface area (Å²) >= 11 is 7.90. The highest BCUT2D eigenvalue weighted by Gasteiger charge is 2.32. The quantitative estimate of drug-likeness (QED) is 0.111. The third-order valence-corrected chi connectivity index (χ3v) is 9.49. The lowest BCUT2D eigenvalue weighted by atomic mass is 9.99. The van der Waals surface area contributed by atoms with Crippen molar-refractivity contribution in [3.05, 3.63) is 62.5 Å². The number of carbonyl (C=O) groups excluding carboxylic acids is 1. The fourth-order valence-electron chi connectivity index (χ4n) is 5.35. The summed E-state index contributed by atoms with van der Waals surface area (Å²) in [4.78, 5) is 19.6. The Morgan fingerprint density at radius 1 is 0.769 bits per heavy atom. The number of ether oxygens (including phenoxy) is 7. The molecule has 3 heterocycles. The second kappa shape index (κ2) is 24.9. The van der Waals surface area contributed by atoms with Crippen LogP contribution in [0.15, 0.2) is 29.3 Å². The number of aromatic nitrogens is 3. The second-order valence-electron chi connectivity index (χ2n) is 11.9. The van der Waals surface area contributed by atoms with E-state index in [9.17, 15) is 4.79 Å². The minimum atomic E-state index is -0.462. The molecule has 1 aromatic carbocycles. The molecule has 0 radical (unpaired) electrons. The zero-order valence-corrected chi connectivity index (χ0v) is 32.9. The van der Waals surface area contributed by atoms with Gasteiger partial charge in [0.1, 0.15) is 22.7 Å². The first kappa shape index (κ1) is 44.1. The number of hydrogen-bond acceptors (Lipinski definition) is 12. The summed E-state index contributed by atoms with van der Waals surface area (Å²) in [5.41, 5.74) is 7.71. The molecule has 0 spiro atoms. The van der Waals surface area contributed by atoms with E-state index in [-0.39, 0.29) is 24.6 Å². The fraction of sp³-hybridized carbons (Fsp3) is 0.611. The van der Waals surface area contributed by atoms with E-state index in [1.807, 2.05) is 31.2 Å². The van der Waals surface area contributed by atoms with Crippen LogP contribution in [-0.2, 0) is 38.0 Å². The normalized spacial score (nSPS) is 13.7. The van der Waals surface area contributed by atoms with Crippen LogP contribution < -0.4 is 18.1 Å². The van der Waals surface area contributed by atoms with Crippen LogP contribution in [-0.4, -0.2) is 125 Å². The molecule has 0 saturated heterocycles. The first-order chi connectivity index (χ1) is 24.9. The van der Waals surface area contributed by atoms with Gasteiger partial charge >= 0.3 is 0 Å². The largest absolute Gasteiger partial charge is 1.00 e. The summed E-state index contributed by atoms with van der Waals surface area (Å²) in [6.07, 6.45) is 1.24.